The molecule has 0 aromatic heterocycles. The molecule has 76 valence electrons. The van der Waals surface area contributed by atoms with E-state index in [1.54, 1.807) is 0 Å². The van der Waals surface area contributed by atoms with Crippen molar-refractivity contribution in [3.63, 3.8) is 0 Å². The Labute approximate surface area is 81.3 Å². The van der Waals surface area contributed by atoms with Gasteiger partial charge in [-0.2, -0.15) is 0 Å². The van der Waals surface area contributed by atoms with E-state index in [0.29, 0.717) is 12.1 Å². The molecule has 1 atom stereocenters. The molecule has 2 heteroatoms. The van der Waals surface area contributed by atoms with Gasteiger partial charge in [0.15, 0.2) is 0 Å². The summed E-state index contributed by atoms with van der Waals surface area (Å²) in [6, 6.07) is 0.683. The van der Waals surface area contributed by atoms with Crippen LogP contribution >= 0.6 is 0 Å². The summed E-state index contributed by atoms with van der Waals surface area (Å²) in [5, 5.41) is 0. The minimum atomic E-state index is 0.546. The summed E-state index contributed by atoms with van der Waals surface area (Å²) in [5.41, 5.74) is 0. The third-order valence-electron chi connectivity index (χ3n) is 3.21. The fraction of sp³-hybridized carbons (Fsp3) is 1.00. The zero-order valence-electron chi connectivity index (χ0n) is 8.83. The first kappa shape index (κ1) is 9.47. The van der Waals surface area contributed by atoms with Gasteiger partial charge in [-0.1, -0.05) is 0 Å². The van der Waals surface area contributed by atoms with Crippen LogP contribution in [-0.4, -0.2) is 36.7 Å². The number of nitrogens with zero attached hydrogens (tertiary/aromatic N) is 1. The molecule has 0 amide bonds. The molecule has 1 unspecified atom stereocenters. The van der Waals surface area contributed by atoms with Gasteiger partial charge in [0.1, 0.15) is 0 Å². The molecule has 1 saturated carbocycles. The van der Waals surface area contributed by atoms with Gasteiger partial charge in [0.25, 0.3) is 0 Å². The molecule has 13 heavy (non-hydrogen) atoms. The number of hydrogen-bond acceptors (Lipinski definition) is 2. The molecule has 0 N–H and O–H groups in total. The van der Waals surface area contributed by atoms with Crippen LogP contribution in [0.3, 0.4) is 0 Å². The molecule has 0 aromatic carbocycles. The molecule has 0 spiro atoms. The lowest BCUT2D eigenvalue weighted by Crippen LogP contribution is -2.37. The molecule has 0 aromatic rings. The van der Waals surface area contributed by atoms with Crippen LogP contribution in [0.15, 0.2) is 0 Å². The maximum absolute atomic E-state index is 5.87. The highest BCUT2D eigenvalue weighted by molar-refractivity contribution is 4.86. The van der Waals surface area contributed by atoms with Crippen molar-refractivity contribution in [1.82, 2.24) is 4.90 Å². The van der Waals surface area contributed by atoms with E-state index in [1.807, 2.05) is 0 Å². The molecule has 1 aliphatic heterocycles. The normalized spacial score (nSPS) is 32.1. The van der Waals surface area contributed by atoms with Crippen LogP contribution in [0.25, 0.3) is 0 Å². The van der Waals surface area contributed by atoms with Crippen molar-refractivity contribution in [3.8, 4) is 0 Å². The fourth-order valence-electron chi connectivity index (χ4n) is 2.10. The van der Waals surface area contributed by atoms with Gasteiger partial charge in [-0.15, -0.1) is 0 Å². The summed E-state index contributed by atoms with van der Waals surface area (Å²) in [7, 11) is 0. The Morgan fingerprint density at radius 3 is 2.69 bits per heavy atom. The summed E-state index contributed by atoms with van der Waals surface area (Å²) in [6.07, 6.45) is 4.55. The predicted octanol–water partition coefficient (Wildman–Crippen LogP) is 1.90. The Balaban J connectivity index is 1.89. The standard InChI is InChI=1S/C11H21NO/c1-9(2)12-6-3-7-13-11(8-12)10-4-5-10/h9-11H,3-8H2,1-2H3. The molecular weight excluding hydrogens is 162 g/mol. The average Bonchev–Trinajstić information content (AvgIpc) is 2.91. The monoisotopic (exact) mass is 183 g/mol. The van der Waals surface area contributed by atoms with E-state index >= 15 is 0 Å². The Morgan fingerprint density at radius 1 is 1.31 bits per heavy atom. The van der Waals surface area contributed by atoms with Crippen molar-refractivity contribution in [2.24, 2.45) is 5.92 Å². The second kappa shape index (κ2) is 3.97. The fourth-order valence-corrected chi connectivity index (χ4v) is 2.10. The summed E-state index contributed by atoms with van der Waals surface area (Å²) < 4.78 is 5.87. The van der Waals surface area contributed by atoms with Crippen LogP contribution in [0.5, 0.6) is 0 Å². The first-order chi connectivity index (χ1) is 6.27. The van der Waals surface area contributed by atoms with Gasteiger partial charge in [0.2, 0.25) is 0 Å². The number of ether oxygens (including phenoxy) is 1. The van der Waals surface area contributed by atoms with E-state index in [-0.39, 0.29) is 0 Å². The van der Waals surface area contributed by atoms with E-state index in [9.17, 15) is 0 Å². The Hall–Kier alpha value is -0.0800. The van der Waals surface area contributed by atoms with Crippen molar-refractivity contribution in [1.29, 1.82) is 0 Å². The summed E-state index contributed by atoms with van der Waals surface area (Å²) in [4.78, 5) is 2.57. The van der Waals surface area contributed by atoms with Gasteiger partial charge in [-0.25, -0.2) is 0 Å². The molecule has 2 aliphatic rings. The highest BCUT2D eigenvalue weighted by Gasteiger charge is 2.34. The number of hydrogen-bond donors (Lipinski definition) is 0. The van der Waals surface area contributed by atoms with E-state index in [1.165, 1.54) is 32.4 Å². The van der Waals surface area contributed by atoms with Crippen LogP contribution < -0.4 is 0 Å². The number of rotatable bonds is 2. The predicted molar refractivity (Wildman–Crippen MR) is 53.8 cm³/mol. The third kappa shape index (κ3) is 2.44. The Bertz CT molecular complexity index is 155. The van der Waals surface area contributed by atoms with Crippen molar-refractivity contribution in [2.75, 3.05) is 19.7 Å². The lowest BCUT2D eigenvalue weighted by Gasteiger charge is -2.27. The van der Waals surface area contributed by atoms with Gasteiger partial charge in [-0.05, 0) is 39.0 Å². The first-order valence-corrected chi connectivity index (χ1v) is 5.63. The van der Waals surface area contributed by atoms with Gasteiger partial charge in [-0.3, -0.25) is 4.90 Å². The molecule has 1 saturated heterocycles. The minimum Gasteiger partial charge on any atom is -0.377 e. The third-order valence-corrected chi connectivity index (χ3v) is 3.21. The molecule has 2 rings (SSSR count). The van der Waals surface area contributed by atoms with E-state index < -0.39 is 0 Å². The Kier molecular flexibility index (Phi) is 2.89. The van der Waals surface area contributed by atoms with Gasteiger partial charge < -0.3 is 4.74 Å². The molecule has 1 heterocycles. The molecule has 0 bridgehead atoms. The lowest BCUT2D eigenvalue weighted by molar-refractivity contribution is 0.0352. The van der Waals surface area contributed by atoms with Crippen molar-refractivity contribution in [3.05, 3.63) is 0 Å². The zero-order valence-corrected chi connectivity index (χ0v) is 8.83. The summed E-state index contributed by atoms with van der Waals surface area (Å²) >= 11 is 0. The van der Waals surface area contributed by atoms with Crippen LogP contribution in [-0.2, 0) is 4.74 Å². The summed E-state index contributed by atoms with van der Waals surface area (Å²) in [6.45, 7) is 7.94. The van der Waals surface area contributed by atoms with Crippen LogP contribution in [0.4, 0.5) is 0 Å². The maximum atomic E-state index is 5.87. The van der Waals surface area contributed by atoms with Gasteiger partial charge >= 0.3 is 0 Å². The van der Waals surface area contributed by atoms with Gasteiger partial charge in [0, 0.05) is 25.7 Å². The molecule has 0 radical (unpaired) electrons. The van der Waals surface area contributed by atoms with Crippen molar-refractivity contribution >= 4 is 0 Å². The van der Waals surface area contributed by atoms with E-state index in [4.69, 9.17) is 4.74 Å². The SMILES string of the molecule is CC(C)N1CCCOC(C2CC2)C1. The maximum Gasteiger partial charge on any atom is 0.0730 e. The molecule has 2 fully saturated rings. The highest BCUT2D eigenvalue weighted by atomic mass is 16.5. The van der Waals surface area contributed by atoms with Crippen LogP contribution in [0.1, 0.15) is 33.1 Å². The topological polar surface area (TPSA) is 12.5 Å². The average molecular weight is 183 g/mol. The Morgan fingerprint density at radius 2 is 2.08 bits per heavy atom. The van der Waals surface area contributed by atoms with Crippen molar-refractivity contribution < 1.29 is 4.74 Å². The molecule has 2 nitrogen and oxygen atoms in total. The quantitative estimate of drug-likeness (QED) is 0.648. The molecular formula is C11H21NO. The van der Waals surface area contributed by atoms with E-state index in [2.05, 4.69) is 18.7 Å². The zero-order chi connectivity index (χ0) is 9.26. The van der Waals surface area contributed by atoms with Crippen LogP contribution in [0, 0.1) is 5.92 Å². The smallest absolute Gasteiger partial charge is 0.0730 e. The lowest BCUT2D eigenvalue weighted by atomic mass is 10.2. The summed E-state index contributed by atoms with van der Waals surface area (Å²) in [5.74, 6) is 0.888. The largest absolute Gasteiger partial charge is 0.377 e. The second-order valence-electron chi connectivity index (χ2n) is 4.69. The van der Waals surface area contributed by atoms with Crippen LogP contribution in [0.2, 0.25) is 0 Å². The van der Waals surface area contributed by atoms with E-state index in [0.717, 1.165) is 12.5 Å². The minimum absolute atomic E-state index is 0.546. The first-order valence-electron chi connectivity index (χ1n) is 5.63. The second-order valence-corrected chi connectivity index (χ2v) is 4.69. The molecule has 1 aliphatic carbocycles. The van der Waals surface area contributed by atoms with Gasteiger partial charge in [0.05, 0.1) is 6.10 Å². The highest BCUT2D eigenvalue weighted by Crippen LogP contribution is 2.35. The van der Waals surface area contributed by atoms with Crippen molar-refractivity contribution in [2.45, 2.75) is 45.3 Å².